The molecule has 0 radical (unpaired) electrons. The first-order valence-electron chi connectivity index (χ1n) is 15.7. The van der Waals surface area contributed by atoms with Crippen molar-refractivity contribution in [1.29, 1.82) is 0 Å². The van der Waals surface area contributed by atoms with E-state index in [2.05, 4.69) is 40.5 Å². The van der Waals surface area contributed by atoms with Gasteiger partial charge in [0.2, 0.25) is 23.6 Å². The summed E-state index contributed by atoms with van der Waals surface area (Å²) >= 11 is 9.89. The number of nitrogens with zero attached hydrogens (tertiary/aromatic N) is 1. The zero-order valence-electron chi connectivity index (χ0n) is 27.0. The van der Waals surface area contributed by atoms with Gasteiger partial charge in [-0.25, -0.2) is 0 Å². The topological polar surface area (TPSA) is 138 Å². The number of hydrogen-bond acceptors (Lipinski definition) is 6. The molecule has 0 aliphatic rings. The Balaban J connectivity index is 1.34. The molecule has 12 heteroatoms. The van der Waals surface area contributed by atoms with Crippen LogP contribution in [0.15, 0.2) is 54.6 Å². The Labute approximate surface area is 286 Å². The van der Waals surface area contributed by atoms with Crippen molar-refractivity contribution in [2.24, 2.45) is 0 Å². The number of unbranched alkanes of at least 4 members (excludes halogenated alkanes) is 3. The van der Waals surface area contributed by atoms with Gasteiger partial charge in [0.05, 0.1) is 24.2 Å². The Morgan fingerprint density at radius 2 is 1.40 bits per heavy atom. The van der Waals surface area contributed by atoms with Crippen LogP contribution in [0.25, 0.3) is 10.9 Å². The van der Waals surface area contributed by atoms with E-state index in [0.717, 1.165) is 59.0 Å². The molecule has 10 nitrogen and oxygen atoms in total. The van der Waals surface area contributed by atoms with E-state index in [1.165, 1.54) is 0 Å². The number of fused-ring (bicyclic) bond motifs is 1. The molecule has 0 fully saturated rings. The first-order chi connectivity index (χ1) is 22.5. The smallest absolute Gasteiger partial charge is 0.262 e. The number of benzene rings is 2. The maximum Gasteiger partial charge on any atom is 0.262 e. The number of thiol groups is 1. The average molecular weight is 682 g/mol. The van der Waals surface area contributed by atoms with Crippen molar-refractivity contribution in [2.45, 2.75) is 58.8 Å². The third kappa shape index (κ3) is 11.9. The van der Waals surface area contributed by atoms with E-state index >= 15 is 0 Å². The molecule has 0 aliphatic heterocycles. The van der Waals surface area contributed by atoms with Crippen molar-refractivity contribution >= 4 is 64.7 Å². The number of hydrogen-bond donors (Lipinski definition) is 5. The minimum absolute atomic E-state index is 0.0914. The zero-order chi connectivity index (χ0) is 34.3. The molecule has 1 heterocycles. The summed E-state index contributed by atoms with van der Waals surface area (Å²) < 4.78 is 1.67. The summed E-state index contributed by atoms with van der Waals surface area (Å²) in [5.74, 6) is -0.905. The van der Waals surface area contributed by atoms with Gasteiger partial charge in [-0.1, -0.05) is 48.2 Å². The predicted molar refractivity (Wildman–Crippen MR) is 189 cm³/mol. The monoisotopic (exact) mass is 681 g/mol. The standard InChI is InChI=1S/C35H44ClN5O5S/c1-23-8-14-30-29(18-23)28(25(3)41(30)35(46)26-10-12-27(36)13-11-26)19-32(43)37-16-6-4-5-7-17-38-33(44)21-40-31(42)15-9-24(2)20-39-34(45)22-47/h8,10-14,18,47H,2,4-7,9,15-17,19-22H2,1,3H3,(H,37,43)(H,38,44)(H,39,45)(H,40,42). The molecule has 3 rings (SSSR count). The van der Waals surface area contributed by atoms with Gasteiger partial charge < -0.3 is 21.3 Å². The van der Waals surface area contributed by atoms with Crippen LogP contribution in [-0.4, -0.2) is 66.0 Å². The van der Waals surface area contributed by atoms with E-state index in [1.54, 1.807) is 28.8 Å². The number of rotatable bonds is 18. The Hall–Kier alpha value is -4.09. The number of carbonyl (C=O) groups excluding carboxylic acids is 5. The van der Waals surface area contributed by atoms with Crippen molar-refractivity contribution in [3.8, 4) is 0 Å². The lowest BCUT2D eigenvalue weighted by atomic mass is 10.1. The molecule has 4 N–H and O–H groups in total. The van der Waals surface area contributed by atoms with E-state index < -0.39 is 0 Å². The third-order valence-corrected chi connectivity index (χ3v) is 8.24. The summed E-state index contributed by atoms with van der Waals surface area (Å²) in [4.78, 5) is 61.6. The summed E-state index contributed by atoms with van der Waals surface area (Å²) in [7, 11) is 0. The van der Waals surface area contributed by atoms with Crippen molar-refractivity contribution in [1.82, 2.24) is 25.8 Å². The summed E-state index contributed by atoms with van der Waals surface area (Å²) in [6.07, 6.45) is 4.12. The molecule has 0 saturated carbocycles. The molecular formula is C35H44ClN5O5S. The SMILES string of the molecule is C=C(CCC(=O)NCC(=O)NCCCCCCNC(=O)Cc1c(C)n(C(=O)c2ccc(Cl)cc2)c2ccc(C)cc12)CNC(=O)CS. The number of halogens is 1. The molecule has 0 saturated heterocycles. The summed E-state index contributed by atoms with van der Waals surface area (Å²) in [5, 5.41) is 12.5. The molecule has 3 aromatic rings. The highest BCUT2D eigenvalue weighted by atomic mass is 35.5. The second kappa shape index (κ2) is 18.9. The van der Waals surface area contributed by atoms with Gasteiger partial charge in [-0.2, -0.15) is 12.6 Å². The Kier molecular flexibility index (Phi) is 15.0. The highest BCUT2D eigenvalue weighted by molar-refractivity contribution is 7.81. The van der Waals surface area contributed by atoms with Crippen LogP contribution in [0.2, 0.25) is 5.02 Å². The van der Waals surface area contributed by atoms with Gasteiger partial charge in [-0.05, 0) is 75.1 Å². The molecule has 1 aromatic heterocycles. The molecule has 4 amide bonds. The predicted octanol–water partition coefficient (Wildman–Crippen LogP) is 4.43. The highest BCUT2D eigenvalue weighted by Crippen LogP contribution is 2.28. The van der Waals surface area contributed by atoms with Crippen LogP contribution < -0.4 is 21.3 Å². The number of carbonyl (C=O) groups is 5. The van der Waals surface area contributed by atoms with Crippen LogP contribution in [-0.2, 0) is 25.6 Å². The van der Waals surface area contributed by atoms with E-state index in [1.807, 2.05) is 32.0 Å². The lowest BCUT2D eigenvalue weighted by Gasteiger charge is -2.09. The minimum atomic E-state index is -0.258. The largest absolute Gasteiger partial charge is 0.356 e. The Morgan fingerprint density at radius 3 is 2.06 bits per heavy atom. The van der Waals surface area contributed by atoms with Crippen molar-refractivity contribution < 1.29 is 24.0 Å². The molecule has 0 unspecified atom stereocenters. The molecule has 0 spiro atoms. The number of aryl methyl sites for hydroxylation is 1. The van der Waals surface area contributed by atoms with Crippen LogP contribution in [0.1, 0.15) is 65.7 Å². The fraction of sp³-hybridized carbons (Fsp3) is 0.400. The van der Waals surface area contributed by atoms with Crippen LogP contribution in [0.3, 0.4) is 0 Å². The molecule has 252 valence electrons. The van der Waals surface area contributed by atoms with Crippen molar-refractivity contribution in [3.63, 3.8) is 0 Å². The second-order valence-electron chi connectivity index (χ2n) is 11.5. The lowest BCUT2D eigenvalue weighted by Crippen LogP contribution is -2.37. The van der Waals surface area contributed by atoms with Crippen LogP contribution in [0, 0.1) is 13.8 Å². The maximum atomic E-state index is 13.4. The number of aromatic nitrogens is 1. The molecule has 0 aliphatic carbocycles. The molecule has 47 heavy (non-hydrogen) atoms. The van der Waals surface area contributed by atoms with E-state index in [4.69, 9.17) is 11.6 Å². The first kappa shape index (κ1) is 37.4. The Morgan fingerprint density at radius 1 is 0.766 bits per heavy atom. The van der Waals surface area contributed by atoms with Gasteiger partial charge in [-0.3, -0.25) is 28.5 Å². The normalized spacial score (nSPS) is 10.8. The maximum absolute atomic E-state index is 13.4. The molecule has 2 aromatic carbocycles. The third-order valence-electron chi connectivity index (χ3n) is 7.70. The zero-order valence-corrected chi connectivity index (χ0v) is 28.7. The van der Waals surface area contributed by atoms with Crippen LogP contribution in [0.4, 0.5) is 0 Å². The minimum Gasteiger partial charge on any atom is -0.356 e. The quantitative estimate of drug-likeness (QED) is 0.0768. The molecule has 0 atom stereocenters. The van der Waals surface area contributed by atoms with Gasteiger partial charge >= 0.3 is 0 Å². The average Bonchev–Trinajstić information content (AvgIpc) is 3.32. The van der Waals surface area contributed by atoms with Crippen LogP contribution >= 0.6 is 24.2 Å². The van der Waals surface area contributed by atoms with Crippen LogP contribution in [0.5, 0.6) is 0 Å². The summed E-state index contributed by atoms with van der Waals surface area (Å²) in [5.41, 5.74) is 4.61. The summed E-state index contributed by atoms with van der Waals surface area (Å²) in [6.45, 7) is 8.91. The molecule has 0 bridgehead atoms. The lowest BCUT2D eigenvalue weighted by molar-refractivity contribution is -0.126. The second-order valence-corrected chi connectivity index (χ2v) is 12.2. The van der Waals surface area contributed by atoms with Crippen molar-refractivity contribution in [2.75, 3.05) is 31.9 Å². The van der Waals surface area contributed by atoms with Gasteiger partial charge in [0, 0.05) is 47.7 Å². The highest BCUT2D eigenvalue weighted by Gasteiger charge is 2.21. The molecular weight excluding hydrogens is 638 g/mol. The number of nitrogens with one attached hydrogen (secondary N) is 4. The number of amides is 4. The fourth-order valence-electron chi connectivity index (χ4n) is 5.07. The Bertz CT molecular complexity index is 1600. The van der Waals surface area contributed by atoms with E-state index in [9.17, 15) is 24.0 Å². The van der Waals surface area contributed by atoms with Gasteiger partial charge in [0.25, 0.3) is 5.91 Å². The van der Waals surface area contributed by atoms with Gasteiger partial charge in [-0.15, -0.1) is 0 Å². The van der Waals surface area contributed by atoms with E-state index in [-0.39, 0.29) is 54.7 Å². The first-order valence-corrected chi connectivity index (χ1v) is 16.8. The summed E-state index contributed by atoms with van der Waals surface area (Å²) in [6, 6.07) is 12.7. The fourth-order valence-corrected chi connectivity index (χ4v) is 5.31. The van der Waals surface area contributed by atoms with Gasteiger partial charge in [0.15, 0.2) is 0 Å². The van der Waals surface area contributed by atoms with E-state index in [0.29, 0.717) is 36.6 Å². The van der Waals surface area contributed by atoms with Crippen molar-refractivity contribution in [3.05, 3.63) is 82.0 Å². The van der Waals surface area contributed by atoms with Gasteiger partial charge in [0.1, 0.15) is 0 Å².